The van der Waals surface area contributed by atoms with E-state index in [0.717, 1.165) is 5.39 Å². The number of benzene rings is 2. The monoisotopic (exact) mass is 368 g/mol. The fourth-order valence-corrected chi connectivity index (χ4v) is 2.92. The van der Waals surface area contributed by atoms with Crippen molar-refractivity contribution in [2.24, 2.45) is 5.84 Å². The molecule has 3 aromatic rings. The molecule has 0 saturated heterocycles. The van der Waals surface area contributed by atoms with E-state index in [-0.39, 0.29) is 5.82 Å². The van der Waals surface area contributed by atoms with Crippen LogP contribution in [0.15, 0.2) is 51.4 Å². The Hall–Kier alpha value is -1.40. The Balaban J connectivity index is 2.11. The highest BCUT2D eigenvalue weighted by Crippen LogP contribution is 2.33. The van der Waals surface area contributed by atoms with Crippen molar-refractivity contribution in [3.63, 3.8) is 0 Å². The van der Waals surface area contributed by atoms with E-state index in [0.29, 0.717) is 26.4 Å². The number of hydrogen-bond acceptors (Lipinski definition) is 3. The lowest BCUT2D eigenvalue weighted by atomic mass is 10.0. The predicted molar refractivity (Wildman–Crippen MR) is 84.5 cm³/mol. The normalized spacial score (nSPS) is 12.8. The topological polar surface area (TPSA) is 51.2 Å². The third-order valence-electron chi connectivity index (χ3n) is 3.24. The number of hydrogen-bond donors (Lipinski definition) is 2. The molecular formula is C15H11BrClFN2O. The van der Waals surface area contributed by atoms with Crippen LogP contribution < -0.4 is 11.3 Å². The van der Waals surface area contributed by atoms with Crippen LogP contribution >= 0.6 is 27.5 Å². The molecule has 3 rings (SSSR count). The molecular weight excluding hydrogens is 359 g/mol. The fourth-order valence-electron chi connectivity index (χ4n) is 2.25. The predicted octanol–water partition coefficient (Wildman–Crippen LogP) is 4.54. The minimum absolute atomic E-state index is 0.353. The SMILES string of the molecule is NNC(c1cc2cc(Cl)ccc2o1)c1cccc(F)c1Br. The molecule has 6 heteroatoms. The summed E-state index contributed by atoms with van der Waals surface area (Å²) in [6.45, 7) is 0. The minimum Gasteiger partial charge on any atom is -0.459 e. The van der Waals surface area contributed by atoms with Crippen molar-refractivity contribution in [2.45, 2.75) is 6.04 Å². The summed E-state index contributed by atoms with van der Waals surface area (Å²) in [5.74, 6) is 5.86. The molecule has 1 heterocycles. The average Bonchev–Trinajstić information content (AvgIpc) is 2.87. The Morgan fingerprint density at radius 1 is 1.24 bits per heavy atom. The Morgan fingerprint density at radius 3 is 2.81 bits per heavy atom. The number of nitrogens with one attached hydrogen (secondary N) is 1. The second kappa shape index (κ2) is 5.77. The molecule has 1 aromatic heterocycles. The second-order valence-electron chi connectivity index (χ2n) is 4.57. The molecule has 108 valence electrons. The fraction of sp³-hybridized carbons (Fsp3) is 0.0667. The van der Waals surface area contributed by atoms with Gasteiger partial charge in [-0.05, 0) is 51.8 Å². The molecule has 1 unspecified atom stereocenters. The van der Waals surface area contributed by atoms with Crippen LogP contribution in [0.2, 0.25) is 5.02 Å². The van der Waals surface area contributed by atoms with Gasteiger partial charge in [-0.25, -0.2) is 9.82 Å². The molecule has 0 spiro atoms. The molecule has 21 heavy (non-hydrogen) atoms. The number of rotatable bonds is 3. The van der Waals surface area contributed by atoms with Crippen molar-refractivity contribution in [1.82, 2.24) is 5.43 Å². The summed E-state index contributed by atoms with van der Waals surface area (Å²) in [4.78, 5) is 0. The number of hydrazine groups is 1. The zero-order valence-electron chi connectivity index (χ0n) is 10.7. The lowest BCUT2D eigenvalue weighted by molar-refractivity contribution is 0.474. The summed E-state index contributed by atoms with van der Waals surface area (Å²) in [7, 11) is 0. The minimum atomic E-state index is -0.471. The van der Waals surface area contributed by atoms with Crippen LogP contribution in [0.1, 0.15) is 17.4 Å². The summed E-state index contributed by atoms with van der Waals surface area (Å²) in [5.41, 5.74) is 4.01. The van der Waals surface area contributed by atoms with Gasteiger partial charge in [-0.15, -0.1) is 0 Å². The van der Waals surface area contributed by atoms with Gasteiger partial charge in [-0.2, -0.15) is 0 Å². The molecule has 0 aliphatic rings. The van der Waals surface area contributed by atoms with Crippen LogP contribution in [0.3, 0.4) is 0 Å². The summed E-state index contributed by atoms with van der Waals surface area (Å²) < 4.78 is 19.8. The van der Waals surface area contributed by atoms with Crippen LogP contribution in [0, 0.1) is 5.82 Å². The Labute approximate surface area is 134 Å². The van der Waals surface area contributed by atoms with Crippen LogP contribution in [0.25, 0.3) is 11.0 Å². The van der Waals surface area contributed by atoms with Gasteiger partial charge in [0.05, 0.1) is 4.47 Å². The first kappa shape index (κ1) is 14.5. The van der Waals surface area contributed by atoms with Crippen molar-refractivity contribution in [1.29, 1.82) is 0 Å². The molecule has 3 N–H and O–H groups in total. The summed E-state index contributed by atoms with van der Waals surface area (Å²) >= 11 is 9.21. The van der Waals surface area contributed by atoms with Crippen LogP contribution in [-0.2, 0) is 0 Å². The molecule has 2 aromatic carbocycles. The van der Waals surface area contributed by atoms with E-state index in [2.05, 4.69) is 21.4 Å². The van der Waals surface area contributed by atoms with E-state index in [4.69, 9.17) is 21.9 Å². The third kappa shape index (κ3) is 2.70. The number of fused-ring (bicyclic) bond motifs is 1. The first-order valence-electron chi connectivity index (χ1n) is 6.19. The van der Waals surface area contributed by atoms with Crippen molar-refractivity contribution in [2.75, 3.05) is 0 Å². The number of furan rings is 1. The Morgan fingerprint density at radius 2 is 2.05 bits per heavy atom. The lowest BCUT2D eigenvalue weighted by Gasteiger charge is -2.15. The first-order valence-corrected chi connectivity index (χ1v) is 7.36. The van der Waals surface area contributed by atoms with E-state index in [1.807, 2.05) is 6.07 Å². The summed E-state index contributed by atoms with van der Waals surface area (Å²) in [5, 5.41) is 1.49. The molecule has 1 atom stereocenters. The van der Waals surface area contributed by atoms with Gasteiger partial charge >= 0.3 is 0 Å². The molecule has 0 bridgehead atoms. The van der Waals surface area contributed by atoms with Gasteiger partial charge in [0.25, 0.3) is 0 Å². The van der Waals surface area contributed by atoms with Crippen molar-refractivity contribution in [3.05, 3.63) is 69.1 Å². The smallest absolute Gasteiger partial charge is 0.137 e. The van der Waals surface area contributed by atoms with Gasteiger partial charge in [-0.1, -0.05) is 23.7 Å². The molecule has 0 amide bonds. The molecule has 0 saturated carbocycles. The number of halogens is 3. The van der Waals surface area contributed by atoms with Gasteiger partial charge < -0.3 is 4.42 Å². The largest absolute Gasteiger partial charge is 0.459 e. The Bertz CT molecular complexity index is 805. The highest BCUT2D eigenvalue weighted by Gasteiger charge is 2.21. The van der Waals surface area contributed by atoms with Gasteiger partial charge in [0.2, 0.25) is 0 Å². The van der Waals surface area contributed by atoms with Gasteiger partial charge in [0, 0.05) is 10.4 Å². The van der Waals surface area contributed by atoms with Crippen molar-refractivity contribution in [3.8, 4) is 0 Å². The van der Waals surface area contributed by atoms with E-state index in [9.17, 15) is 4.39 Å². The van der Waals surface area contributed by atoms with Crippen LogP contribution in [0.5, 0.6) is 0 Å². The zero-order valence-corrected chi connectivity index (χ0v) is 13.1. The molecule has 0 aliphatic heterocycles. The van der Waals surface area contributed by atoms with Gasteiger partial charge in [0.1, 0.15) is 23.2 Å². The standard InChI is InChI=1S/C15H11BrClFN2O/c16-14-10(2-1-3-11(14)18)15(20-19)13-7-8-6-9(17)4-5-12(8)21-13/h1-7,15,20H,19H2. The van der Waals surface area contributed by atoms with Crippen LogP contribution in [0.4, 0.5) is 4.39 Å². The molecule has 3 nitrogen and oxygen atoms in total. The van der Waals surface area contributed by atoms with E-state index in [1.165, 1.54) is 6.07 Å². The number of nitrogens with two attached hydrogens (primary N) is 1. The maximum Gasteiger partial charge on any atom is 0.137 e. The molecule has 0 radical (unpaired) electrons. The average molecular weight is 370 g/mol. The van der Waals surface area contributed by atoms with Crippen molar-refractivity contribution < 1.29 is 8.81 Å². The summed E-state index contributed by atoms with van der Waals surface area (Å²) in [6, 6.07) is 11.5. The van der Waals surface area contributed by atoms with E-state index in [1.54, 1.807) is 30.3 Å². The third-order valence-corrected chi connectivity index (χ3v) is 4.31. The van der Waals surface area contributed by atoms with Gasteiger partial charge in [-0.3, -0.25) is 5.84 Å². The van der Waals surface area contributed by atoms with E-state index >= 15 is 0 Å². The zero-order chi connectivity index (χ0) is 15.0. The highest BCUT2D eigenvalue weighted by atomic mass is 79.9. The van der Waals surface area contributed by atoms with Gasteiger partial charge in [0.15, 0.2) is 0 Å². The lowest BCUT2D eigenvalue weighted by Crippen LogP contribution is -2.28. The first-order chi connectivity index (χ1) is 10.1. The molecule has 0 aliphatic carbocycles. The second-order valence-corrected chi connectivity index (χ2v) is 5.80. The summed E-state index contributed by atoms with van der Waals surface area (Å²) in [6.07, 6.45) is 0. The maximum absolute atomic E-state index is 13.7. The highest BCUT2D eigenvalue weighted by molar-refractivity contribution is 9.10. The van der Waals surface area contributed by atoms with E-state index < -0.39 is 6.04 Å². The van der Waals surface area contributed by atoms with Crippen LogP contribution in [-0.4, -0.2) is 0 Å². The van der Waals surface area contributed by atoms with Crippen molar-refractivity contribution >= 4 is 38.5 Å². The quantitative estimate of drug-likeness (QED) is 0.526. The maximum atomic E-state index is 13.7. The Kier molecular flexibility index (Phi) is 3.99. The molecule has 0 fully saturated rings.